The number of anilines is 1. The van der Waals surface area contributed by atoms with Gasteiger partial charge in [-0.25, -0.2) is 18.4 Å². The Labute approximate surface area is 168 Å². The number of amides is 1. The first-order valence-electron chi connectivity index (χ1n) is 7.22. The van der Waals surface area contributed by atoms with Crippen molar-refractivity contribution in [3.63, 3.8) is 0 Å². The van der Waals surface area contributed by atoms with Crippen LogP contribution in [0.2, 0.25) is 10.0 Å². The number of nitro benzene ring substituents is 1. The highest BCUT2D eigenvalue weighted by Crippen LogP contribution is 2.27. The van der Waals surface area contributed by atoms with Gasteiger partial charge in [0.2, 0.25) is 10.0 Å². The van der Waals surface area contributed by atoms with Gasteiger partial charge in [0.15, 0.2) is 6.61 Å². The van der Waals surface area contributed by atoms with Crippen LogP contribution in [-0.2, 0) is 19.6 Å². The van der Waals surface area contributed by atoms with Crippen LogP contribution >= 0.6 is 23.2 Å². The number of ether oxygens (including phenoxy) is 1. The van der Waals surface area contributed by atoms with Crippen molar-refractivity contribution in [1.82, 2.24) is 0 Å². The van der Waals surface area contributed by atoms with Crippen LogP contribution < -0.4 is 10.5 Å². The molecule has 28 heavy (non-hydrogen) atoms. The van der Waals surface area contributed by atoms with Gasteiger partial charge < -0.3 is 10.1 Å². The van der Waals surface area contributed by atoms with Crippen molar-refractivity contribution in [2.45, 2.75) is 4.90 Å². The van der Waals surface area contributed by atoms with Crippen molar-refractivity contribution in [2.24, 2.45) is 5.14 Å². The molecule has 0 unspecified atom stereocenters. The fraction of sp³-hybridized carbons (Fsp3) is 0.0667. The predicted molar refractivity (Wildman–Crippen MR) is 99.8 cm³/mol. The van der Waals surface area contributed by atoms with E-state index in [1.807, 2.05) is 0 Å². The molecule has 148 valence electrons. The number of rotatable bonds is 6. The zero-order chi connectivity index (χ0) is 21.1. The van der Waals surface area contributed by atoms with Crippen LogP contribution in [0, 0.1) is 10.1 Å². The van der Waals surface area contributed by atoms with Gasteiger partial charge in [-0.3, -0.25) is 14.9 Å². The predicted octanol–water partition coefficient (Wildman–Crippen LogP) is 2.34. The number of hydrogen-bond acceptors (Lipinski definition) is 7. The van der Waals surface area contributed by atoms with E-state index in [4.69, 9.17) is 33.1 Å². The van der Waals surface area contributed by atoms with Crippen molar-refractivity contribution in [3.05, 3.63) is 62.1 Å². The molecule has 1 amide bonds. The molecule has 2 rings (SSSR count). The van der Waals surface area contributed by atoms with Gasteiger partial charge in [-0.15, -0.1) is 0 Å². The summed E-state index contributed by atoms with van der Waals surface area (Å²) in [5.74, 6) is -1.86. The van der Waals surface area contributed by atoms with Gasteiger partial charge >= 0.3 is 5.97 Å². The van der Waals surface area contributed by atoms with Crippen molar-refractivity contribution in [2.75, 3.05) is 11.9 Å². The number of nitrogens with zero attached hydrogens (tertiary/aromatic N) is 1. The number of carbonyl (C=O) groups is 2. The fourth-order valence-electron chi connectivity index (χ4n) is 1.97. The number of carbonyl (C=O) groups excluding carboxylic acids is 2. The van der Waals surface area contributed by atoms with E-state index in [2.05, 4.69) is 5.32 Å². The van der Waals surface area contributed by atoms with E-state index >= 15 is 0 Å². The van der Waals surface area contributed by atoms with Crippen LogP contribution in [0.15, 0.2) is 41.3 Å². The Kier molecular flexibility index (Phi) is 6.56. The monoisotopic (exact) mass is 447 g/mol. The Balaban J connectivity index is 2.06. The molecular formula is C15H11Cl2N3O7S. The van der Waals surface area contributed by atoms with Gasteiger partial charge in [0.1, 0.15) is 5.02 Å². The minimum absolute atomic E-state index is 0.0615. The normalized spacial score (nSPS) is 11.0. The second-order valence-corrected chi connectivity index (χ2v) is 7.61. The molecule has 0 spiro atoms. The van der Waals surface area contributed by atoms with Crippen LogP contribution in [0.1, 0.15) is 10.4 Å². The van der Waals surface area contributed by atoms with E-state index in [1.54, 1.807) is 0 Å². The second-order valence-electron chi connectivity index (χ2n) is 5.23. The summed E-state index contributed by atoms with van der Waals surface area (Å²) in [5, 5.41) is 17.9. The Morgan fingerprint density at radius 3 is 2.39 bits per heavy atom. The van der Waals surface area contributed by atoms with E-state index in [9.17, 15) is 28.1 Å². The highest BCUT2D eigenvalue weighted by atomic mass is 35.5. The molecule has 0 heterocycles. The van der Waals surface area contributed by atoms with Gasteiger partial charge in [-0.2, -0.15) is 0 Å². The molecule has 3 N–H and O–H groups in total. The van der Waals surface area contributed by atoms with Gasteiger partial charge in [-0.1, -0.05) is 23.2 Å². The lowest BCUT2D eigenvalue weighted by molar-refractivity contribution is -0.384. The number of nitrogens with two attached hydrogens (primary N) is 1. The topological polar surface area (TPSA) is 159 Å². The smallest absolute Gasteiger partial charge is 0.340 e. The largest absolute Gasteiger partial charge is 0.452 e. The average Bonchev–Trinajstić information content (AvgIpc) is 2.60. The molecule has 0 saturated heterocycles. The number of halogens is 2. The number of hydrogen-bond donors (Lipinski definition) is 2. The quantitative estimate of drug-likeness (QED) is 0.390. The molecule has 0 bridgehead atoms. The third-order valence-corrected chi connectivity index (χ3v) is 4.81. The van der Waals surface area contributed by atoms with E-state index in [-0.39, 0.29) is 26.2 Å². The molecule has 0 fully saturated rings. The summed E-state index contributed by atoms with van der Waals surface area (Å²) in [7, 11) is -4.07. The zero-order valence-corrected chi connectivity index (χ0v) is 16.0. The van der Waals surface area contributed by atoms with Crippen LogP contribution in [0.3, 0.4) is 0 Å². The Hall–Kier alpha value is -2.73. The summed E-state index contributed by atoms with van der Waals surface area (Å²) in [6.45, 7) is -0.759. The molecule has 0 aliphatic carbocycles. The van der Waals surface area contributed by atoms with Gasteiger partial charge in [0, 0.05) is 11.8 Å². The maximum Gasteiger partial charge on any atom is 0.340 e. The van der Waals surface area contributed by atoms with E-state index in [1.165, 1.54) is 12.1 Å². The van der Waals surface area contributed by atoms with Crippen LogP contribution in [0.25, 0.3) is 0 Å². The van der Waals surface area contributed by atoms with E-state index in [0.29, 0.717) is 0 Å². The number of nitrogens with one attached hydrogen (secondary N) is 1. The Bertz CT molecular complexity index is 1070. The van der Waals surface area contributed by atoms with Crippen molar-refractivity contribution >= 4 is 56.5 Å². The minimum Gasteiger partial charge on any atom is -0.452 e. The summed E-state index contributed by atoms with van der Waals surface area (Å²) >= 11 is 11.5. The first-order valence-corrected chi connectivity index (χ1v) is 9.52. The summed E-state index contributed by atoms with van der Waals surface area (Å²) in [5.41, 5.74) is -0.655. The van der Waals surface area contributed by atoms with Gasteiger partial charge in [-0.05, 0) is 30.3 Å². The average molecular weight is 448 g/mol. The van der Waals surface area contributed by atoms with E-state index in [0.717, 1.165) is 24.3 Å². The number of sulfonamides is 1. The van der Waals surface area contributed by atoms with E-state index < -0.39 is 39.1 Å². The molecule has 0 aliphatic heterocycles. The molecule has 0 atom stereocenters. The fourth-order valence-corrected chi connectivity index (χ4v) is 2.90. The summed E-state index contributed by atoms with van der Waals surface area (Å²) < 4.78 is 27.5. The van der Waals surface area contributed by atoms with Crippen LogP contribution in [0.5, 0.6) is 0 Å². The third-order valence-electron chi connectivity index (χ3n) is 3.25. The van der Waals surface area contributed by atoms with Crippen molar-refractivity contribution in [3.8, 4) is 0 Å². The number of esters is 1. The standard InChI is InChI=1S/C15H11Cl2N3O7S/c16-11-4-2-9(28(18,25)26)6-10(11)15(22)27-7-14(21)19-8-1-3-12(17)13(5-8)20(23)24/h1-6H,7H2,(H,19,21)(H2,18,25,26). The number of benzene rings is 2. The highest BCUT2D eigenvalue weighted by Gasteiger charge is 2.19. The Morgan fingerprint density at radius 2 is 1.79 bits per heavy atom. The molecule has 13 heteroatoms. The molecular weight excluding hydrogens is 437 g/mol. The number of primary sulfonamides is 1. The molecule has 0 aliphatic rings. The summed E-state index contributed by atoms with van der Waals surface area (Å²) in [6.07, 6.45) is 0. The lowest BCUT2D eigenvalue weighted by Crippen LogP contribution is -2.21. The molecule has 0 saturated carbocycles. The van der Waals surface area contributed by atoms with Crippen molar-refractivity contribution < 1.29 is 27.7 Å². The third kappa shape index (κ3) is 5.39. The maximum absolute atomic E-state index is 12.1. The lowest BCUT2D eigenvalue weighted by atomic mass is 10.2. The molecule has 10 nitrogen and oxygen atoms in total. The summed E-state index contributed by atoms with van der Waals surface area (Å²) in [6, 6.07) is 6.75. The molecule has 0 radical (unpaired) electrons. The zero-order valence-electron chi connectivity index (χ0n) is 13.7. The summed E-state index contributed by atoms with van der Waals surface area (Å²) in [4.78, 5) is 33.7. The van der Waals surface area contributed by atoms with Crippen LogP contribution in [0.4, 0.5) is 11.4 Å². The van der Waals surface area contributed by atoms with Crippen molar-refractivity contribution in [1.29, 1.82) is 0 Å². The first-order chi connectivity index (χ1) is 13.0. The first kappa shape index (κ1) is 21.6. The SMILES string of the molecule is NS(=O)(=O)c1ccc(Cl)c(C(=O)OCC(=O)Nc2ccc(Cl)c([N+](=O)[O-])c2)c1. The highest BCUT2D eigenvalue weighted by molar-refractivity contribution is 7.89. The Morgan fingerprint density at radius 1 is 1.14 bits per heavy atom. The molecule has 2 aromatic rings. The molecule has 2 aromatic carbocycles. The van der Waals surface area contributed by atoms with Gasteiger partial charge in [0.05, 0.1) is 20.4 Å². The second kappa shape index (κ2) is 8.52. The number of nitro groups is 1. The maximum atomic E-state index is 12.1. The minimum atomic E-state index is -4.07. The molecule has 0 aromatic heterocycles. The van der Waals surface area contributed by atoms with Crippen LogP contribution in [-0.4, -0.2) is 31.8 Å². The van der Waals surface area contributed by atoms with Gasteiger partial charge in [0.25, 0.3) is 11.6 Å². The lowest BCUT2D eigenvalue weighted by Gasteiger charge is -2.09.